The van der Waals surface area contributed by atoms with Gasteiger partial charge in [0.1, 0.15) is 0 Å². The SMILES string of the molecule is O=C(CN1CCN(C(=O)c2cc(C(F)(F)F)cc(C(F)(F)F)c2)CC1)NC1CC1. The van der Waals surface area contributed by atoms with Gasteiger partial charge in [0, 0.05) is 37.8 Å². The van der Waals surface area contributed by atoms with E-state index in [0.29, 0.717) is 25.2 Å². The highest BCUT2D eigenvalue weighted by Crippen LogP contribution is 2.36. The molecule has 0 bridgehead atoms. The van der Waals surface area contributed by atoms with Crippen LogP contribution in [0, 0.1) is 0 Å². The van der Waals surface area contributed by atoms with Crippen LogP contribution in [0.5, 0.6) is 0 Å². The number of amides is 2. The maximum Gasteiger partial charge on any atom is 0.416 e. The van der Waals surface area contributed by atoms with E-state index in [9.17, 15) is 35.9 Å². The highest BCUT2D eigenvalue weighted by Gasteiger charge is 2.38. The molecule has 29 heavy (non-hydrogen) atoms. The summed E-state index contributed by atoms with van der Waals surface area (Å²) in [5.74, 6) is -1.04. The number of halogens is 6. The molecular weight excluding hydrogens is 404 g/mol. The van der Waals surface area contributed by atoms with Crippen LogP contribution in [0.25, 0.3) is 0 Å². The number of piperazine rings is 1. The first-order chi connectivity index (χ1) is 13.4. The molecule has 160 valence electrons. The summed E-state index contributed by atoms with van der Waals surface area (Å²) in [5.41, 5.74) is -3.70. The summed E-state index contributed by atoms with van der Waals surface area (Å²) in [5, 5.41) is 2.83. The Bertz CT molecular complexity index is 749. The summed E-state index contributed by atoms with van der Waals surface area (Å²) >= 11 is 0. The van der Waals surface area contributed by atoms with Crippen molar-refractivity contribution in [2.24, 2.45) is 0 Å². The van der Waals surface area contributed by atoms with Crippen LogP contribution in [0.4, 0.5) is 26.3 Å². The molecule has 1 aliphatic heterocycles. The minimum absolute atomic E-state index is 0.00675. The molecule has 0 spiro atoms. The molecule has 1 saturated carbocycles. The van der Waals surface area contributed by atoms with Crippen molar-refractivity contribution in [3.05, 3.63) is 34.9 Å². The van der Waals surface area contributed by atoms with Crippen LogP contribution < -0.4 is 5.32 Å². The predicted octanol–water partition coefficient (Wildman–Crippen LogP) is 2.76. The lowest BCUT2D eigenvalue weighted by Crippen LogP contribution is -2.51. The van der Waals surface area contributed by atoms with Crippen molar-refractivity contribution in [3.63, 3.8) is 0 Å². The molecule has 1 aromatic carbocycles. The summed E-state index contributed by atoms with van der Waals surface area (Å²) in [7, 11) is 0. The van der Waals surface area contributed by atoms with E-state index in [2.05, 4.69) is 5.32 Å². The standard InChI is InChI=1S/C18H19F6N3O2/c19-17(20,21)12-7-11(8-13(9-12)18(22,23)24)16(29)27-5-3-26(4-6-27)10-15(28)25-14-1-2-14/h7-9,14H,1-6,10H2,(H,25,28). The molecule has 1 N–H and O–H groups in total. The third kappa shape index (κ3) is 5.62. The number of nitrogens with one attached hydrogen (secondary N) is 1. The lowest BCUT2D eigenvalue weighted by Gasteiger charge is -2.34. The Balaban J connectivity index is 1.67. The van der Waals surface area contributed by atoms with E-state index in [1.54, 1.807) is 4.90 Å². The van der Waals surface area contributed by atoms with Crippen LogP contribution in [-0.2, 0) is 17.1 Å². The monoisotopic (exact) mass is 423 g/mol. The Labute approximate surface area is 162 Å². The first-order valence-corrected chi connectivity index (χ1v) is 9.04. The molecular formula is C18H19F6N3O2. The van der Waals surface area contributed by atoms with E-state index in [-0.39, 0.29) is 37.6 Å². The normalized spacial score (nSPS) is 18.6. The van der Waals surface area contributed by atoms with Crippen LogP contribution in [-0.4, -0.2) is 60.4 Å². The quantitative estimate of drug-likeness (QED) is 0.758. The third-order valence-electron chi connectivity index (χ3n) is 4.80. The van der Waals surface area contributed by atoms with Crippen molar-refractivity contribution >= 4 is 11.8 Å². The average molecular weight is 423 g/mol. The Morgan fingerprint density at radius 2 is 1.41 bits per heavy atom. The van der Waals surface area contributed by atoms with Crippen LogP contribution in [0.15, 0.2) is 18.2 Å². The largest absolute Gasteiger partial charge is 0.416 e. The van der Waals surface area contributed by atoms with Gasteiger partial charge in [-0.2, -0.15) is 26.3 Å². The van der Waals surface area contributed by atoms with E-state index in [1.807, 2.05) is 0 Å². The van der Waals surface area contributed by atoms with Gasteiger partial charge in [0.15, 0.2) is 0 Å². The van der Waals surface area contributed by atoms with Gasteiger partial charge in [-0.05, 0) is 31.0 Å². The zero-order valence-electron chi connectivity index (χ0n) is 15.2. The fourth-order valence-electron chi connectivity index (χ4n) is 3.07. The Morgan fingerprint density at radius 3 is 1.86 bits per heavy atom. The van der Waals surface area contributed by atoms with Gasteiger partial charge in [0.2, 0.25) is 5.91 Å². The molecule has 0 atom stereocenters. The maximum absolute atomic E-state index is 13.0. The summed E-state index contributed by atoms with van der Waals surface area (Å²) in [6, 6.07) is 1.09. The second kappa shape index (κ2) is 7.85. The van der Waals surface area contributed by atoms with E-state index < -0.39 is 35.0 Å². The molecule has 3 rings (SSSR count). The van der Waals surface area contributed by atoms with Crippen molar-refractivity contribution in [2.75, 3.05) is 32.7 Å². The Morgan fingerprint density at radius 1 is 0.897 bits per heavy atom. The number of hydrogen-bond donors (Lipinski definition) is 1. The Hall–Kier alpha value is -2.30. The summed E-state index contributed by atoms with van der Waals surface area (Å²) in [6.07, 6.45) is -8.12. The van der Waals surface area contributed by atoms with Crippen molar-refractivity contribution in [1.29, 1.82) is 0 Å². The summed E-state index contributed by atoms with van der Waals surface area (Å²) < 4.78 is 77.8. The van der Waals surface area contributed by atoms with Crippen LogP contribution in [0.1, 0.15) is 34.3 Å². The van der Waals surface area contributed by atoms with Gasteiger partial charge < -0.3 is 10.2 Å². The molecule has 0 aromatic heterocycles. The molecule has 5 nitrogen and oxygen atoms in total. The van der Waals surface area contributed by atoms with Gasteiger partial charge in [-0.25, -0.2) is 0 Å². The smallest absolute Gasteiger partial charge is 0.352 e. The maximum atomic E-state index is 13.0. The zero-order valence-corrected chi connectivity index (χ0v) is 15.2. The van der Waals surface area contributed by atoms with E-state index in [1.165, 1.54) is 4.90 Å². The van der Waals surface area contributed by atoms with E-state index in [4.69, 9.17) is 0 Å². The second-order valence-electron chi connectivity index (χ2n) is 7.20. The third-order valence-corrected chi connectivity index (χ3v) is 4.80. The summed E-state index contributed by atoms with van der Waals surface area (Å²) in [6.45, 7) is 0.949. The predicted molar refractivity (Wildman–Crippen MR) is 90.0 cm³/mol. The minimum Gasteiger partial charge on any atom is -0.352 e. The minimum atomic E-state index is -5.01. The number of carbonyl (C=O) groups is 2. The highest BCUT2D eigenvalue weighted by molar-refractivity contribution is 5.94. The van der Waals surface area contributed by atoms with Crippen molar-refractivity contribution in [1.82, 2.24) is 15.1 Å². The Kier molecular flexibility index (Phi) is 5.79. The van der Waals surface area contributed by atoms with Gasteiger partial charge >= 0.3 is 12.4 Å². The highest BCUT2D eigenvalue weighted by atomic mass is 19.4. The summed E-state index contributed by atoms with van der Waals surface area (Å²) in [4.78, 5) is 27.3. The molecule has 0 unspecified atom stereocenters. The molecule has 2 aliphatic rings. The second-order valence-corrected chi connectivity index (χ2v) is 7.20. The molecule has 11 heteroatoms. The van der Waals surface area contributed by atoms with Crippen molar-refractivity contribution in [2.45, 2.75) is 31.2 Å². The van der Waals surface area contributed by atoms with E-state index >= 15 is 0 Å². The lowest BCUT2D eigenvalue weighted by atomic mass is 10.0. The molecule has 1 aromatic rings. The molecule has 2 amide bonds. The molecule has 1 saturated heterocycles. The van der Waals surface area contributed by atoms with Gasteiger partial charge in [-0.15, -0.1) is 0 Å². The number of rotatable bonds is 4. The molecule has 0 radical (unpaired) electrons. The first kappa shape index (κ1) is 21.4. The number of hydrogen-bond acceptors (Lipinski definition) is 3. The zero-order chi connectivity index (χ0) is 21.4. The van der Waals surface area contributed by atoms with Gasteiger partial charge in [0.25, 0.3) is 5.91 Å². The van der Waals surface area contributed by atoms with Crippen molar-refractivity contribution in [3.8, 4) is 0 Å². The number of carbonyl (C=O) groups excluding carboxylic acids is 2. The van der Waals surface area contributed by atoms with Crippen molar-refractivity contribution < 1.29 is 35.9 Å². The van der Waals surface area contributed by atoms with Crippen LogP contribution >= 0.6 is 0 Å². The molecule has 2 fully saturated rings. The average Bonchev–Trinajstić information content (AvgIpc) is 3.43. The molecule has 1 aliphatic carbocycles. The number of benzene rings is 1. The number of alkyl halides is 6. The van der Waals surface area contributed by atoms with Gasteiger partial charge in [0.05, 0.1) is 17.7 Å². The van der Waals surface area contributed by atoms with Crippen LogP contribution in [0.2, 0.25) is 0 Å². The first-order valence-electron chi connectivity index (χ1n) is 9.04. The topological polar surface area (TPSA) is 52.7 Å². The van der Waals surface area contributed by atoms with Gasteiger partial charge in [-0.3, -0.25) is 14.5 Å². The molecule has 1 heterocycles. The number of nitrogens with zero attached hydrogens (tertiary/aromatic N) is 2. The fraction of sp³-hybridized carbons (Fsp3) is 0.556. The fourth-order valence-corrected chi connectivity index (χ4v) is 3.07. The van der Waals surface area contributed by atoms with Gasteiger partial charge in [-0.1, -0.05) is 0 Å². The lowest BCUT2D eigenvalue weighted by molar-refractivity contribution is -0.143. The van der Waals surface area contributed by atoms with Crippen LogP contribution in [0.3, 0.4) is 0 Å². The van der Waals surface area contributed by atoms with E-state index in [0.717, 1.165) is 12.8 Å².